The van der Waals surface area contributed by atoms with Crippen LogP contribution in [0.25, 0.3) is 0 Å². The van der Waals surface area contributed by atoms with Gasteiger partial charge in [0.1, 0.15) is 5.82 Å². The van der Waals surface area contributed by atoms with Crippen LogP contribution in [-0.4, -0.2) is 19.9 Å². The molecule has 0 radical (unpaired) electrons. The number of anilines is 2. The molecule has 0 amide bonds. The van der Waals surface area contributed by atoms with E-state index >= 15 is 0 Å². The van der Waals surface area contributed by atoms with E-state index in [9.17, 15) is 12.8 Å². The highest BCUT2D eigenvalue weighted by molar-refractivity contribution is 8.01. The molecule has 3 N–H and O–H groups in total. The van der Waals surface area contributed by atoms with Crippen molar-refractivity contribution in [3.63, 3.8) is 0 Å². The quantitative estimate of drug-likeness (QED) is 0.632. The minimum atomic E-state index is -3.57. The van der Waals surface area contributed by atoms with E-state index in [4.69, 9.17) is 5.73 Å². The van der Waals surface area contributed by atoms with Crippen molar-refractivity contribution >= 4 is 33.2 Å². The van der Waals surface area contributed by atoms with Gasteiger partial charge in [0.15, 0.2) is 0 Å². The lowest BCUT2D eigenvalue weighted by atomic mass is 10.3. The summed E-state index contributed by atoms with van der Waals surface area (Å²) in [6.07, 6.45) is 0. The Hall–Kier alpha value is -1.73. The molecule has 0 unspecified atom stereocenters. The number of sulfonamides is 1. The van der Waals surface area contributed by atoms with E-state index in [1.807, 2.05) is 12.1 Å². The van der Waals surface area contributed by atoms with Crippen LogP contribution in [-0.2, 0) is 10.0 Å². The fourth-order valence-electron chi connectivity index (χ4n) is 1.60. The summed E-state index contributed by atoms with van der Waals surface area (Å²) in [6, 6.07) is 12.9. The Morgan fingerprint density at radius 1 is 1.10 bits per heavy atom. The molecule has 2 rings (SSSR count). The van der Waals surface area contributed by atoms with Gasteiger partial charge in [0.2, 0.25) is 10.0 Å². The molecule has 2 aromatic rings. The van der Waals surface area contributed by atoms with Gasteiger partial charge in [0, 0.05) is 16.3 Å². The molecule has 2 aromatic carbocycles. The zero-order valence-corrected chi connectivity index (χ0v) is 12.8. The van der Waals surface area contributed by atoms with Gasteiger partial charge in [-0.15, -0.1) is 11.8 Å². The largest absolute Gasteiger partial charge is 0.399 e. The molecule has 0 aromatic heterocycles. The maximum absolute atomic E-state index is 13.4. The molecule has 7 heteroatoms. The van der Waals surface area contributed by atoms with E-state index in [0.717, 1.165) is 4.90 Å². The molecular formula is C14H15FN2O2S2. The normalized spacial score (nSPS) is 11.3. The van der Waals surface area contributed by atoms with Gasteiger partial charge in [-0.2, -0.15) is 0 Å². The third-order valence-corrected chi connectivity index (χ3v) is 5.18. The minimum absolute atomic E-state index is 0.0324. The Balaban J connectivity index is 1.90. The van der Waals surface area contributed by atoms with Crippen molar-refractivity contribution in [1.29, 1.82) is 0 Å². The summed E-state index contributed by atoms with van der Waals surface area (Å²) in [5, 5.41) is 0. The summed E-state index contributed by atoms with van der Waals surface area (Å²) in [4.78, 5) is 0.935. The Morgan fingerprint density at radius 2 is 1.76 bits per heavy atom. The predicted molar refractivity (Wildman–Crippen MR) is 85.4 cm³/mol. The number of para-hydroxylation sites is 1. The Bertz CT molecular complexity index is 703. The van der Waals surface area contributed by atoms with Crippen molar-refractivity contribution in [2.24, 2.45) is 0 Å². The highest BCUT2D eigenvalue weighted by atomic mass is 32.2. The van der Waals surface area contributed by atoms with Crippen LogP contribution in [0.2, 0.25) is 0 Å². The summed E-state index contributed by atoms with van der Waals surface area (Å²) in [5.74, 6) is -0.323. The lowest BCUT2D eigenvalue weighted by Crippen LogP contribution is -2.18. The van der Waals surface area contributed by atoms with E-state index in [0.29, 0.717) is 11.4 Å². The lowest BCUT2D eigenvalue weighted by molar-refractivity contribution is 0.600. The molecule has 0 heterocycles. The standard InChI is InChI=1S/C14H15FN2O2S2/c15-13-3-1-2-4-14(13)17-21(18,19)10-9-20-12-7-5-11(16)6-8-12/h1-8,17H,9-10,16H2. The monoisotopic (exact) mass is 326 g/mol. The van der Waals surface area contributed by atoms with E-state index in [-0.39, 0.29) is 11.4 Å². The highest BCUT2D eigenvalue weighted by Gasteiger charge is 2.12. The molecular weight excluding hydrogens is 311 g/mol. The topological polar surface area (TPSA) is 72.2 Å². The first kappa shape index (κ1) is 15.7. The molecule has 0 fully saturated rings. The average Bonchev–Trinajstić information content (AvgIpc) is 2.43. The van der Waals surface area contributed by atoms with Gasteiger partial charge in [0.05, 0.1) is 11.4 Å². The van der Waals surface area contributed by atoms with Crippen LogP contribution in [0.15, 0.2) is 53.4 Å². The van der Waals surface area contributed by atoms with E-state index in [1.54, 1.807) is 18.2 Å². The number of rotatable bonds is 6. The Kier molecular flexibility index (Phi) is 5.08. The van der Waals surface area contributed by atoms with Crippen LogP contribution in [0, 0.1) is 5.82 Å². The average molecular weight is 326 g/mol. The summed E-state index contributed by atoms with van der Waals surface area (Å²) in [7, 11) is -3.57. The number of nitrogens with two attached hydrogens (primary N) is 1. The molecule has 0 atom stereocenters. The van der Waals surface area contributed by atoms with Gasteiger partial charge in [-0.05, 0) is 36.4 Å². The number of hydrogen-bond acceptors (Lipinski definition) is 4. The van der Waals surface area contributed by atoms with Crippen LogP contribution < -0.4 is 10.5 Å². The van der Waals surface area contributed by atoms with E-state index < -0.39 is 15.8 Å². The Labute approximate surface area is 127 Å². The zero-order chi connectivity index (χ0) is 15.3. The first-order valence-corrected chi connectivity index (χ1v) is 8.83. The Morgan fingerprint density at radius 3 is 2.43 bits per heavy atom. The molecule has 21 heavy (non-hydrogen) atoms. The molecule has 0 saturated carbocycles. The molecule has 0 aliphatic heterocycles. The van der Waals surface area contributed by atoms with Gasteiger partial charge < -0.3 is 5.73 Å². The first-order valence-electron chi connectivity index (χ1n) is 6.20. The minimum Gasteiger partial charge on any atom is -0.399 e. The molecule has 0 bridgehead atoms. The lowest BCUT2D eigenvalue weighted by Gasteiger charge is -2.08. The van der Waals surface area contributed by atoms with Crippen molar-refractivity contribution in [3.05, 3.63) is 54.3 Å². The maximum Gasteiger partial charge on any atom is 0.233 e. The summed E-state index contributed by atoms with van der Waals surface area (Å²) < 4.78 is 39.4. The summed E-state index contributed by atoms with van der Waals surface area (Å²) in [5.41, 5.74) is 6.20. The van der Waals surface area contributed by atoms with Gasteiger partial charge in [-0.25, -0.2) is 12.8 Å². The van der Waals surface area contributed by atoms with Crippen molar-refractivity contribution in [2.75, 3.05) is 22.0 Å². The van der Waals surface area contributed by atoms with Gasteiger partial charge in [-0.3, -0.25) is 4.72 Å². The fourth-order valence-corrected chi connectivity index (χ4v) is 3.97. The van der Waals surface area contributed by atoms with Crippen molar-refractivity contribution in [2.45, 2.75) is 4.90 Å². The molecule has 0 aliphatic carbocycles. The maximum atomic E-state index is 13.4. The zero-order valence-electron chi connectivity index (χ0n) is 11.1. The second-order valence-electron chi connectivity index (χ2n) is 4.32. The van der Waals surface area contributed by atoms with Crippen molar-refractivity contribution in [1.82, 2.24) is 0 Å². The summed E-state index contributed by atoms with van der Waals surface area (Å²) >= 11 is 1.40. The van der Waals surface area contributed by atoms with Crippen LogP contribution >= 0.6 is 11.8 Å². The smallest absolute Gasteiger partial charge is 0.233 e. The molecule has 0 aliphatic rings. The number of nitrogen functional groups attached to an aromatic ring is 1. The second-order valence-corrected chi connectivity index (χ2v) is 7.33. The van der Waals surface area contributed by atoms with E-state index in [1.165, 1.54) is 30.0 Å². The van der Waals surface area contributed by atoms with Crippen LogP contribution in [0.4, 0.5) is 15.8 Å². The van der Waals surface area contributed by atoms with Gasteiger partial charge in [0.25, 0.3) is 0 Å². The molecule has 0 saturated heterocycles. The number of thioether (sulfide) groups is 1. The first-order chi connectivity index (χ1) is 9.96. The van der Waals surface area contributed by atoms with Gasteiger partial charge >= 0.3 is 0 Å². The van der Waals surface area contributed by atoms with Crippen molar-refractivity contribution < 1.29 is 12.8 Å². The number of halogens is 1. The highest BCUT2D eigenvalue weighted by Crippen LogP contribution is 2.20. The number of hydrogen-bond donors (Lipinski definition) is 2. The van der Waals surface area contributed by atoms with Crippen LogP contribution in [0.5, 0.6) is 0 Å². The SMILES string of the molecule is Nc1ccc(SCCS(=O)(=O)Nc2ccccc2F)cc1. The second kappa shape index (κ2) is 6.82. The number of nitrogens with one attached hydrogen (secondary N) is 1. The fraction of sp³-hybridized carbons (Fsp3) is 0.143. The molecule has 112 valence electrons. The van der Waals surface area contributed by atoms with Crippen molar-refractivity contribution in [3.8, 4) is 0 Å². The third kappa shape index (κ3) is 4.95. The molecule has 0 spiro atoms. The number of benzene rings is 2. The summed E-state index contributed by atoms with van der Waals surface area (Å²) in [6.45, 7) is 0. The predicted octanol–water partition coefficient (Wildman–Crippen LogP) is 2.94. The van der Waals surface area contributed by atoms with Crippen LogP contribution in [0.1, 0.15) is 0 Å². The van der Waals surface area contributed by atoms with Gasteiger partial charge in [-0.1, -0.05) is 12.1 Å². The van der Waals surface area contributed by atoms with Crippen LogP contribution in [0.3, 0.4) is 0 Å². The third-order valence-electron chi connectivity index (χ3n) is 2.64. The molecule has 4 nitrogen and oxygen atoms in total. The van der Waals surface area contributed by atoms with E-state index in [2.05, 4.69) is 4.72 Å².